The fraction of sp³-hybridized carbons (Fsp3) is 0.150. The molecule has 4 rings (SSSR count). The van der Waals surface area contributed by atoms with Crippen LogP contribution in [0.25, 0.3) is 22.4 Å². The van der Waals surface area contributed by atoms with E-state index < -0.39 is 0 Å². The van der Waals surface area contributed by atoms with Gasteiger partial charge in [-0.25, -0.2) is 0 Å². The number of para-hydroxylation sites is 2. The molecule has 0 saturated heterocycles. The smallest absolute Gasteiger partial charge is 0.277 e. The van der Waals surface area contributed by atoms with E-state index in [4.69, 9.17) is 4.42 Å². The van der Waals surface area contributed by atoms with Crippen molar-refractivity contribution in [2.75, 3.05) is 11.1 Å². The topological polar surface area (TPSA) is 83.8 Å². The van der Waals surface area contributed by atoms with Crippen LogP contribution in [-0.2, 0) is 11.2 Å². The van der Waals surface area contributed by atoms with Crippen molar-refractivity contribution >= 4 is 34.3 Å². The van der Waals surface area contributed by atoms with Crippen LogP contribution in [0.2, 0.25) is 0 Å². The SMILES string of the molecule is CCc1ccccc1NC(=O)CSc1nnc(-c2c[nH]c3ccccc23)o1. The number of thioether (sulfide) groups is 1. The Balaban J connectivity index is 1.42. The number of aryl methyl sites for hydroxylation is 1. The Labute approximate surface area is 160 Å². The molecule has 6 nitrogen and oxygen atoms in total. The number of hydrogen-bond donors (Lipinski definition) is 2. The van der Waals surface area contributed by atoms with E-state index in [-0.39, 0.29) is 11.7 Å². The number of nitrogens with one attached hydrogen (secondary N) is 2. The third-order valence-corrected chi connectivity index (χ3v) is 5.04. The quantitative estimate of drug-likeness (QED) is 0.482. The molecule has 0 saturated carbocycles. The van der Waals surface area contributed by atoms with Crippen molar-refractivity contribution in [3.63, 3.8) is 0 Å². The molecule has 0 spiro atoms. The second kappa shape index (κ2) is 7.67. The molecule has 2 aromatic heterocycles. The lowest BCUT2D eigenvalue weighted by molar-refractivity contribution is -0.113. The number of fused-ring (bicyclic) bond motifs is 1. The van der Waals surface area contributed by atoms with Gasteiger partial charge in [-0.2, -0.15) is 0 Å². The summed E-state index contributed by atoms with van der Waals surface area (Å²) in [5.41, 5.74) is 3.81. The third-order valence-electron chi connectivity index (χ3n) is 4.23. The molecule has 2 heterocycles. The summed E-state index contributed by atoms with van der Waals surface area (Å²) in [6, 6.07) is 15.7. The summed E-state index contributed by atoms with van der Waals surface area (Å²) < 4.78 is 5.72. The summed E-state index contributed by atoms with van der Waals surface area (Å²) >= 11 is 1.22. The highest BCUT2D eigenvalue weighted by atomic mass is 32.2. The molecule has 136 valence electrons. The van der Waals surface area contributed by atoms with Gasteiger partial charge in [0.15, 0.2) is 0 Å². The van der Waals surface area contributed by atoms with Gasteiger partial charge in [0, 0.05) is 22.8 Å². The van der Waals surface area contributed by atoms with E-state index in [1.165, 1.54) is 11.8 Å². The molecule has 0 aliphatic carbocycles. The summed E-state index contributed by atoms with van der Waals surface area (Å²) in [5.74, 6) is 0.535. The monoisotopic (exact) mass is 378 g/mol. The molecule has 27 heavy (non-hydrogen) atoms. The van der Waals surface area contributed by atoms with Gasteiger partial charge in [0.2, 0.25) is 5.91 Å². The van der Waals surface area contributed by atoms with Crippen LogP contribution in [0.1, 0.15) is 12.5 Å². The number of aromatic nitrogens is 3. The number of amides is 1. The van der Waals surface area contributed by atoms with Gasteiger partial charge in [-0.15, -0.1) is 10.2 Å². The zero-order valence-corrected chi connectivity index (χ0v) is 15.5. The van der Waals surface area contributed by atoms with Crippen LogP contribution in [0.5, 0.6) is 0 Å². The zero-order valence-electron chi connectivity index (χ0n) is 14.7. The normalized spacial score (nSPS) is 11.0. The molecule has 0 aliphatic heterocycles. The average Bonchev–Trinajstić information content (AvgIpc) is 3.33. The molecule has 2 N–H and O–H groups in total. The summed E-state index contributed by atoms with van der Waals surface area (Å²) in [7, 11) is 0. The number of benzene rings is 2. The molecule has 4 aromatic rings. The van der Waals surface area contributed by atoms with Crippen LogP contribution < -0.4 is 5.32 Å². The van der Waals surface area contributed by atoms with E-state index in [9.17, 15) is 4.79 Å². The van der Waals surface area contributed by atoms with E-state index in [1.54, 1.807) is 0 Å². The molecule has 2 aromatic carbocycles. The number of H-pyrrole nitrogens is 1. The predicted octanol–water partition coefficient (Wildman–Crippen LogP) is 4.51. The van der Waals surface area contributed by atoms with Gasteiger partial charge in [-0.05, 0) is 24.1 Å². The first-order chi connectivity index (χ1) is 13.2. The Kier molecular flexibility index (Phi) is 4.93. The molecule has 1 amide bonds. The highest BCUT2D eigenvalue weighted by molar-refractivity contribution is 7.99. The van der Waals surface area contributed by atoms with Crippen LogP contribution in [0.4, 0.5) is 5.69 Å². The first-order valence-corrected chi connectivity index (χ1v) is 9.63. The minimum Gasteiger partial charge on any atom is -0.411 e. The zero-order chi connectivity index (χ0) is 18.6. The van der Waals surface area contributed by atoms with Gasteiger partial charge in [0.05, 0.1) is 11.3 Å². The Hall–Kier alpha value is -3.06. The second-order valence-electron chi connectivity index (χ2n) is 5.97. The number of carbonyl (C=O) groups is 1. The standard InChI is InChI=1S/C20H18N4O2S/c1-2-13-7-3-5-9-16(13)22-18(25)12-27-20-24-23-19(26-20)15-11-21-17-10-6-4-8-14(15)17/h3-11,21H,2,12H2,1H3,(H,22,25). The Morgan fingerprint density at radius 2 is 1.96 bits per heavy atom. The van der Waals surface area contributed by atoms with Crippen molar-refractivity contribution in [3.8, 4) is 11.5 Å². The summed E-state index contributed by atoms with van der Waals surface area (Å²) in [6.07, 6.45) is 2.71. The molecule has 0 bridgehead atoms. The van der Waals surface area contributed by atoms with E-state index in [0.29, 0.717) is 11.1 Å². The molecule has 0 fully saturated rings. The molecular formula is C20H18N4O2S. The van der Waals surface area contributed by atoms with Gasteiger partial charge in [-0.1, -0.05) is 55.1 Å². The maximum absolute atomic E-state index is 12.2. The maximum Gasteiger partial charge on any atom is 0.277 e. The third kappa shape index (κ3) is 3.73. The van der Waals surface area contributed by atoms with Crippen molar-refractivity contribution < 1.29 is 9.21 Å². The van der Waals surface area contributed by atoms with Crippen molar-refractivity contribution in [2.24, 2.45) is 0 Å². The Morgan fingerprint density at radius 3 is 2.85 bits per heavy atom. The average molecular weight is 378 g/mol. The minimum absolute atomic E-state index is 0.104. The van der Waals surface area contributed by atoms with Crippen LogP contribution in [0, 0.1) is 0 Å². The predicted molar refractivity (Wildman–Crippen MR) is 107 cm³/mol. The number of hydrogen-bond acceptors (Lipinski definition) is 5. The number of carbonyl (C=O) groups excluding carboxylic acids is 1. The Morgan fingerprint density at radius 1 is 1.15 bits per heavy atom. The van der Waals surface area contributed by atoms with Crippen LogP contribution >= 0.6 is 11.8 Å². The summed E-state index contributed by atoms with van der Waals surface area (Å²) in [5, 5.41) is 12.5. The highest BCUT2D eigenvalue weighted by Crippen LogP contribution is 2.29. The van der Waals surface area contributed by atoms with Gasteiger partial charge in [-0.3, -0.25) is 4.79 Å². The lowest BCUT2D eigenvalue weighted by Gasteiger charge is -2.08. The molecular weight excluding hydrogens is 360 g/mol. The number of anilines is 1. The van der Waals surface area contributed by atoms with Gasteiger partial charge >= 0.3 is 0 Å². The second-order valence-corrected chi connectivity index (χ2v) is 6.90. The first kappa shape index (κ1) is 17.4. The van der Waals surface area contributed by atoms with Gasteiger partial charge in [0.25, 0.3) is 11.1 Å². The van der Waals surface area contributed by atoms with Gasteiger partial charge in [0.1, 0.15) is 0 Å². The maximum atomic E-state index is 12.2. The molecule has 0 radical (unpaired) electrons. The van der Waals surface area contributed by atoms with E-state index in [0.717, 1.165) is 34.1 Å². The van der Waals surface area contributed by atoms with Crippen LogP contribution in [-0.4, -0.2) is 26.8 Å². The lowest BCUT2D eigenvalue weighted by Crippen LogP contribution is -2.15. The first-order valence-electron chi connectivity index (χ1n) is 8.65. The Bertz CT molecular complexity index is 1090. The highest BCUT2D eigenvalue weighted by Gasteiger charge is 2.15. The summed E-state index contributed by atoms with van der Waals surface area (Å²) in [6.45, 7) is 2.06. The number of rotatable bonds is 6. The largest absolute Gasteiger partial charge is 0.411 e. The van der Waals surface area contributed by atoms with Crippen molar-refractivity contribution in [3.05, 3.63) is 60.3 Å². The van der Waals surface area contributed by atoms with Crippen molar-refractivity contribution in [1.29, 1.82) is 0 Å². The van der Waals surface area contributed by atoms with E-state index >= 15 is 0 Å². The van der Waals surface area contributed by atoms with Gasteiger partial charge < -0.3 is 14.7 Å². The molecule has 0 unspecified atom stereocenters. The van der Waals surface area contributed by atoms with Crippen molar-refractivity contribution in [1.82, 2.24) is 15.2 Å². The molecule has 0 aliphatic rings. The van der Waals surface area contributed by atoms with Crippen LogP contribution in [0.15, 0.2) is 64.4 Å². The molecule has 7 heteroatoms. The minimum atomic E-state index is -0.104. The summed E-state index contributed by atoms with van der Waals surface area (Å²) in [4.78, 5) is 15.4. The number of nitrogens with zero attached hydrogens (tertiary/aromatic N) is 2. The van der Waals surface area contributed by atoms with Crippen LogP contribution in [0.3, 0.4) is 0 Å². The van der Waals surface area contributed by atoms with E-state index in [1.807, 2.05) is 54.7 Å². The van der Waals surface area contributed by atoms with E-state index in [2.05, 4.69) is 27.4 Å². The molecule has 0 atom stereocenters. The van der Waals surface area contributed by atoms with Crippen molar-refractivity contribution in [2.45, 2.75) is 18.6 Å². The fourth-order valence-corrected chi connectivity index (χ4v) is 3.45. The lowest BCUT2D eigenvalue weighted by atomic mass is 10.1. The fourth-order valence-electron chi connectivity index (χ4n) is 2.89. The number of aromatic amines is 1.